The SMILES string of the molecule is C=CCCCCCCCCCCCCOC1OC(COC(C)=O)C(C)C(C)C1NC(C)=O. The molecular weight excluding hydrogens is 406 g/mol. The first-order chi connectivity index (χ1) is 15.4. The average molecular weight is 454 g/mol. The Labute approximate surface area is 195 Å². The highest BCUT2D eigenvalue weighted by Crippen LogP contribution is 2.32. The number of carbonyl (C=O) groups excluding carboxylic acids is 2. The molecule has 0 saturated carbocycles. The third-order valence-corrected chi connectivity index (χ3v) is 6.49. The van der Waals surface area contributed by atoms with E-state index in [0.717, 1.165) is 19.3 Å². The van der Waals surface area contributed by atoms with E-state index in [4.69, 9.17) is 14.2 Å². The van der Waals surface area contributed by atoms with Crippen molar-refractivity contribution >= 4 is 11.9 Å². The molecule has 1 amide bonds. The molecule has 0 radical (unpaired) electrons. The highest BCUT2D eigenvalue weighted by atomic mass is 16.7. The summed E-state index contributed by atoms with van der Waals surface area (Å²) in [5.41, 5.74) is 0. The number of hydrogen-bond acceptors (Lipinski definition) is 5. The van der Waals surface area contributed by atoms with Gasteiger partial charge in [0.05, 0.1) is 12.1 Å². The van der Waals surface area contributed by atoms with Crippen LogP contribution < -0.4 is 5.32 Å². The molecule has 1 aliphatic rings. The van der Waals surface area contributed by atoms with E-state index in [0.29, 0.717) is 6.61 Å². The van der Waals surface area contributed by atoms with E-state index in [1.54, 1.807) is 0 Å². The van der Waals surface area contributed by atoms with Crippen molar-refractivity contribution in [3.8, 4) is 0 Å². The van der Waals surface area contributed by atoms with Crippen LogP contribution in [0.5, 0.6) is 0 Å². The summed E-state index contributed by atoms with van der Waals surface area (Å²) in [6.07, 6.45) is 14.9. The fourth-order valence-electron chi connectivity index (χ4n) is 4.27. The third-order valence-electron chi connectivity index (χ3n) is 6.49. The van der Waals surface area contributed by atoms with Gasteiger partial charge in [0.1, 0.15) is 6.61 Å². The molecule has 1 saturated heterocycles. The summed E-state index contributed by atoms with van der Waals surface area (Å²) < 4.78 is 17.4. The second-order valence-corrected chi connectivity index (χ2v) is 9.27. The molecule has 0 aliphatic carbocycles. The van der Waals surface area contributed by atoms with Crippen LogP contribution in [0.15, 0.2) is 12.7 Å². The predicted molar refractivity (Wildman–Crippen MR) is 128 cm³/mol. The summed E-state index contributed by atoms with van der Waals surface area (Å²) in [7, 11) is 0. The number of allylic oxidation sites excluding steroid dienone is 1. The molecule has 1 rings (SSSR count). The van der Waals surface area contributed by atoms with E-state index in [1.165, 1.54) is 65.2 Å². The van der Waals surface area contributed by atoms with Crippen molar-refractivity contribution in [3.05, 3.63) is 12.7 Å². The fraction of sp³-hybridized carbons (Fsp3) is 0.846. The van der Waals surface area contributed by atoms with Gasteiger partial charge in [-0.2, -0.15) is 0 Å². The van der Waals surface area contributed by atoms with Crippen molar-refractivity contribution in [2.75, 3.05) is 13.2 Å². The van der Waals surface area contributed by atoms with Crippen LogP contribution in [-0.2, 0) is 23.8 Å². The van der Waals surface area contributed by atoms with Gasteiger partial charge in [-0.05, 0) is 31.1 Å². The molecule has 1 heterocycles. The smallest absolute Gasteiger partial charge is 0.302 e. The topological polar surface area (TPSA) is 73.9 Å². The molecule has 0 bridgehead atoms. The first-order valence-corrected chi connectivity index (χ1v) is 12.6. The molecule has 0 spiro atoms. The fourth-order valence-corrected chi connectivity index (χ4v) is 4.27. The molecule has 6 nitrogen and oxygen atoms in total. The average Bonchev–Trinajstić information content (AvgIpc) is 2.74. The Kier molecular flexibility index (Phi) is 15.3. The van der Waals surface area contributed by atoms with E-state index >= 15 is 0 Å². The summed E-state index contributed by atoms with van der Waals surface area (Å²) in [4.78, 5) is 22.9. The zero-order chi connectivity index (χ0) is 23.8. The van der Waals surface area contributed by atoms with Gasteiger partial charge in [0.25, 0.3) is 0 Å². The maximum absolute atomic E-state index is 11.7. The van der Waals surface area contributed by atoms with Gasteiger partial charge in [0.2, 0.25) is 5.91 Å². The highest BCUT2D eigenvalue weighted by Gasteiger charge is 2.42. The number of unbranched alkanes of at least 4 members (excludes halogenated alkanes) is 10. The lowest BCUT2D eigenvalue weighted by Crippen LogP contribution is -2.58. The van der Waals surface area contributed by atoms with E-state index < -0.39 is 6.29 Å². The molecule has 1 aliphatic heterocycles. The van der Waals surface area contributed by atoms with Crippen LogP contribution in [0.2, 0.25) is 0 Å². The first-order valence-electron chi connectivity index (χ1n) is 12.6. The maximum atomic E-state index is 11.7. The number of nitrogens with one attached hydrogen (secondary N) is 1. The minimum atomic E-state index is -0.522. The molecule has 5 unspecified atom stereocenters. The molecule has 6 heteroatoms. The van der Waals surface area contributed by atoms with Gasteiger partial charge in [-0.1, -0.05) is 71.3 Å². The van der Waals surface area contributed by atoms with Gasteiger partial charge in [0.15, 0.2) is 6.29 Å². The van der Waals surface area contributed by atoms with Gasteiger partial charge in [-0.15, -0.1) is 6.58 Å². The van der Waals surface area contributed by atoms with E-state index in [1.807, 2.05) is 6.08 Å². The standard InChI is InChI=1S/C26H47NO5/c1-6-7-8-9-10-11-12-13-14-15-16-17-18-30-26-25(27-22(4)28)21(3)20(2)24(32-26)19-31-23(5)29/h6,20-21,24-26H,1,7-19H2,2-5H3,(H,27,28). The van der Waals surface area contributed by atoms with Crippen molar-refractivity contribution < 1.29 is 23.8 Å². The number of hydrogen-bond donors (Lipinski definition) is 1. The highest BCUT2D eigenvalue weighted by molar-refractivity contribution is 5.73. The van der Waals surface area contributed by atoms with Crippen LogP contribution in [0.1, 0.15) is 98.3 Å². The molecule has 32 heavy (non-hydrogen) atoms. The number of rotatable bonds is 17. The van der Waals surface area contributed by atoms with Crippen molar-refractivity contribution in [1.82, 2.24) is 5.32 Å². The molecular formula is C26H47NO5. The summed E-state index contributed by atoms with van der Waals surface area (Å²) >= 11 is 0. The van der Waals surface area contributed by atoms with Crippen LogP contribution in [0.4, 0.5) is 0 Å². The lowest BCUT2D eigenvalue weighted by atomic mass is 9.82. The Morgan fingerprint density at radius 2 is 1.47 bits per heavy atom. The van der Waals surface area contributed by atoms with Gasteiger partial charge >= 0.3 is 5.97 Å². The summed E-state index contributed by atoms with van der Waals surface area (Å²) in [6, 6.07) is -0.206. The van der Waals surface area contributed by atoms with Gasteiger partial charge in [-0.25, -0.2) is 0 Å². The quantitative estimate of drug-likeness (QED) is 0.178. The summed E-state index contributed by atoms with van der Waals surface area (Å²) in [5.74, 6) is -0.129. The number of ether oxygens (including phenoxy) is 3. The van der Waals surface area contributed by atoms with E-state index in [9.17, 15) is 9.59 Å². The van der Waals surface area contributed by atoms with Crippen molar-refractivity contribution in [2.45, 2.75) is 117 Å². The third kappa shape index (κ3) is 12.0. The lowest BCUT2D eigenvalue weighted by molar-refractivity contribution is -0.244. The normalized spacial score (nSPS) is 25.3. The minimum Gasteiger partial charge on any atom is -0.463 e. The van der Waals surface area contributed by atoms with Gasteiger partial charge in [0, 0.05) is 20.5 Å². The predicted octanol–water partition coefficient (Wildman–Crippen LogP) is 5.55. The monoisotopic (exact) mass is 453 g/mol. The van der Waals surface area contributed by atoms with Gasteiger partial charge in [-0.3, -0.25) is 9.59 Å². The van der Waals surface area contributed by atoms with E-state index in [-0.39, 0.29) is 42.5 Å². The largest absolute Gasteiger partial charge is 0.463 e. The molecule has 0 aromatic rings. The molecule has 186 valence electrons. The second kappa shape index (κ2) is 17.1. The zero-order valence-electron chi connectivity index (χ0n) is 20.9. The Hall–Kier alpha value is -1.40. The Morgan fingerprint density at radius 3 is 2.00 bits per heavy atom. The Bertz CT molecular complexity index is 536. The van der Waals surface area contributed by atoms with Crippen molar-refractivity contribution in [3.63, 3.8) is 0 Å². The number of esters is 1. The molecule has 1 N–H and O–H groups in total. The van der Waals surface area contributed by atoms with Crippen LogP contribution in [0, 0.1) is 11.8 Å². The maximum Gasteiger partial charge on any atom is 0.302 e. The molecule has 5 atom stereocenters. The molecule has 0 aromatic heterocycles. The second-order valence-electron chi connectivity index (χ2n) is 9.27. The Morgan fingerprint density at radius 1 is 0.906 bits per heavy atom. The van der Waals surface area contributed by atoms with Crippen LogP contribution in [-0.4, -0.2) is 43.5 Å². The minimum absolute atomic E-state index is 0.0922. The number of amides is 1. The van der Waals surface area contributed by atoms with Crippen LogP contribution in [0.3, 0.4) is 0 Å². The van der Waals surface area contributed by atoms with E-state index in [2.05, 4.69) is 25.7 Å². The lowest BCUT2D eigenvalue weighted by Gasteiger charge is -2.44. The van der Waals surface area contributed by atoms with Crippen molar-refractivity contribution in [1.29, 1.82) is 0 Å². The number of carbonyl (C=O) groups is 2. The molecule has 1 fully saturated rings. The first kappa shape index (κ1) is 28.6. The molecule has 0 aromatic carbocycles. The summed E-state index contributed by atoms with van der Waals surface area (Å²) in [6.45, 7) is 11.6. The summed E-state index contributed by atoms with van der Waals surface area (Å²) in [5, 5.41) is 2.99. The van der Waals surface area contributed by atoms with Crippen LogP contribution in [0.25, 0.3) is 0 Å². The Balaban J connectivity index is 2.27. The van der Waals surface area contributed by atoms with Gasteiger partial charge < -0.3 is 19.5 Å². The van der Waals surface area contributed by atoms with Crippen molar-refractivity contribution in [2.24, 2.45) is 11.8 Å². The zero-order valence-corrected chi connectivity index (χ0v) is 20.9. The van der Waals surface area contributed by atoms with Crippen LogP contribution >= 0.6 is 0 Å².